The molecule has 7 heteroatoms. The number of nitrogens with zero attached hydrogens (tertiary/aromatic N) is 3. The van der Waals surface area contributed by atoms with E-state index in [9.17, 15) is 14.7 Å². The van der Waals surface area contributed by atoms with Crippen molar-refractivity contribution >= 4 is 32.9 Å². The van der Waals surface area contributed by atoms with E-state index in [1.165, 1.54) is 9.47 Å². The molecule has 116 valence electrons. The van der Waals surface area contributed by atoms with Crippen LogP contribution in [0.1, 0.15) is 30.3 Å². The molecule has 1 aromatic carbocycles. The van der Waals surface area contributed by atoms with Crippen LogP contribution in [0.4, 0.5) is 4.79 Å². The van der Waals surface area contributed by atoms with Gasteiger partial charge < -0.3 is 5.11 Å². The van der Waals surface area contributed by atoms with Gasteiger partial charge >= 0.3 is 6.09 Å². The van der Waals surface area contributed by atoms with Crippen LogP contribution in [-0.2, 0) is 7.05 Å². The van der Waals surface area contributed by atoms with Gasteiger partial charge in [0.1, 0.15) is 5.82 Å². The number of hydrogen-bond donors (Lipinski definition) is 1. The lowest BCUT2D eigenvalue weighted by molar-refractivity contribution is 0.138. The number of carbonyl (C=O) groups is 1. The second-order valence-electron chi connectivity index (χ2n) is 5.61. The summed E-state index contributed by atoms with van der Waals surface area (Å²) in [6.07, 6.45) is 0.487. The highest BCUT2D eigenvalue weighted by Gasteiger charge is 2.33. The SMILES string of the molecule is Cc1cc(Br)c2nc(C3CCCN3C(=O)O)n(C)c(=O)c2c1. The number of aryl methyl sites for hydroxylation is 1. The molecule has 0 radical (unpaired) electrons. The topological polar surface area (TPSA) is 75.4 Å². The summed E-state index contributed by atoms with van der Waals surface area (Å²) < 4.78 is 2.22. The number of aromatic nitrogens is 2. The van der Waals surface area contributed by atoms with Crippen LogP contribution in [0.3, 0.4) is 0 Å². The summed E-state index contributed by atoms with van der Waals surface area (Å²) >= 11 is 3.45. The van der Waals surface area contributed by atoms with Crippen LogP contribution in [0.25, 0.3) is 10.9 Å². The molecule has 6 nitrogen and oxygen atoms in total. The summed E-state index contributed by atoms with van der Waals surface area (Å²) in [5, 5.41) is 9.85. The fourth-order valence-corrected chi connectivity index (χ4v) is 3.71. The monoisotopic (exact) mass is 365 g/mol. The number of fused-ring (bicyclic) bond motifs is 1. The second-order valence-corrected chi connectivity index (χ2v) is 6.47. The second kappa shape index (κ2) is 5.39. The molecule has 2 aromatic rings. The first-order valence-electron chi connectivity index (χ1n) is 7.06. The standard InChI is InChI=1S/C15H16BrN3O3/c1-8-6-9-12(10(16)7-8)17-13(18(2)14(9)20)11-4-3-5-19(11)15(21)22/h6-7,11H,3-5H2,1-2H3,(H,21,22). The first-order chi connectivity index (χ1) is 10.4. The molecule has 1 aliphatic rings. The average molecular weight is 366 g/mol. The van der Waals surface area contributed by atoms with Gasteiger partial charge in [-0.1, -0.05) is 0 Å². The van der Waals surface area contributed by atoms with Crippen molar-refractivity contribution in [1.29, 1.82) is 0 Å². The molecule has 0 aliphatic carbocycles. The summed E-state index contributed by atoms with van der Waals surface area (Å²) in [5.41, 5.74) is 1.40. The van der Waals surface area contributed by atoms with Crippen molar-refractivity contribution in [2.24, 2.45) is 7.05 Å². The molecule has 0 bridgehead atoms. The van der Waals surface area contributed by atoms with E-state index in [1.807, 2.05) is 19.1 Å². The molecule has 1 aliphatic heterocycles. The predicted octanol–water partition coefficient (Wildman–Crippen LogP) is 2.82. The van der Waals surface area contributed by atoms with E-state index in [2.05, 4.69) is 20.9 Å². The summed E-state index contributed by atoms with van der Waals surface area (Å²) in [4.78, 5) is 29.9. The summed E-state index contributed by atoms with van der Waals surface area (Å²) in [6, 6.07) is 3.35. The normalized spacial score (nSPS) is 18.1. The Morgan fingerprint density at radius 3 is 2.86 bits per heavy atom. The third kappa shape index (κ3) is 2.29. The van der Waals surface area contributed by atoms with Crippen molar-refractivity contribution in [3.8, 4) is 0 Å². The maximum absolute atomic E-state index is 12.6. The quantitative estimate of drug-likeness (QED) is 0.842. The van der Waals surface area contributed by atoms with Gasteiger partial charge in [0.05, 0.1) is 16.9 Å². The lowest BCUT2D eigenvalue weighted by Crippen LogP contribution is -2.33. The highest BCUT2D eigenvalue weighted by atomic mass is 79.9. The van der Waals surface area contributed by atoms with E-state index < -0.39 is 6.09 Å². The molecular weight excluding hydrogens is 350 g/mol. The minimum atomic E-state index is -0.972. The Bertz CT molecular complexity index is 831. The molecule has 22 heavy (non-hydrogen) atoms. The molecular formula is C15H16BrN3O3. The minimum Gasteiger partial charge on any atom is -0.465 e. The van der Waals surface area contributed by atoms with Crippen LogP contribution in [0.15, 0.2) is 21.4 Å². The van der Waals surface area contributed by atoms with Crippen LogP contribution < -0.4 is 5.56 Å². The number of hydrogen-bond acceptors (Lipinski definition) is 3. The highest BCUT2D eigenvalue weighted by molar-refractivity contribution is 9.10. The highest BCUT2D eigenvalue weighted by Crippen LogP contribution is 2.31. The zero-order chi connectivity index (χ0) is 16.0. The van der Waals surface area contributed by atoms with Gasteiger partial charge in [-0.15, -0.1) is 0 Å². The fourth-order valence-electron chi connectivity index (χ4n) is 3.05. The van der Waals surface area contributed by atoms with Crippen molar-refractivity contribution < 1.29 is 9.90 Å². The smallest absolute Gasteiger partial charge is 0.407 e. The molecule has 1 atom stereocenters. The van der Waals surface area contributed by atoms with Gasteiger partial charge in [-0.2, -0.15) is 0 Å². The van der Waals surface area contributed by atoms with E-state index >= 15 is 0 Å². The van der Waals surface area contributed by atoms with Crippen LogP contribution in [0.2, 0.25) is 0 Å². The molecule has 1 N–H and O–H groups in total. The van der Waals surface area contributed by atoms with Crippen molar-refractivity contribution in [2.45, 2.75) is 25.8 Å². The Kier molecular flexibility index (Phi) is 3.68. The lowest BCUT2D eigenvalue weighted by atomic mass is 10.1. The lowest BCUT2D eigenvalue weighted by Gasteiger charge is -2.23. The molecule has 0 spiro atoms. The first kappa shape index (κ1) is 15.0. The third-order valence-corrected chi connectivity index (χ3v) is 4.71. The van der Waals surface area contributed by atoms with E-state index in [-0.39, 0.29) is 11.6 Å². The summed E-state index contributed by atoms with van der Waals surface area (Å²) in [7, 11) is 1.65. The zero-order valence-electron chi connectivity index (χ0n) is 12.3. The minimum absolute atomic E-state index is 0.151. The maximum Gasteiger partial charge on any atom is 0.407 e. The van der Waals surface area contributed by atoms with Gasteiger partial charge in [0, 0.05) is 18.1 Å². The number of rotatable bonds is 1. The van der Waals surface area contributed by atoms with Crippen molar-refractivity contribution in [2.75, 3.05) is 6.54 Å². The summed E-state index contributed by atoms with van der Waals surface area (Å²) in [5.74, 6) is 0.502. The van der Waals surface area contributed by atoms with E-state index in [0.29, 0.717) is 29.7 Å². The van der Waals surface area contributed by atoms with E-state index in [1.54, 1.807) is 7.05 Å². The van der Waals surface area contributed by atoms with Crippen LogP contribution >= 0.6 is 15.9 Å². The molecule has 1 amide bonds. The summed E-state index contributed by atoms with van der Waals surface area (Å²) in [6.45, 7) is 2.39. The Morgan fingerprint density at radius 2 is 2.18 bits per heavy atom. The first-order valence-corrected chi connectivity index (χ1v) is 7.86. The number of likely N-dealkylation sites (tertiary alicyclic amines) is 1. The molecule has 1 aromatic heterocycles. The predicted molar refractivity (Wildman–Crippen MR) is 86.1 cm³/mol. The Labute approximate surface area is 135 Å². The van der Waals surface area contributed by atoms with Gasteiger partial charge in [0.2, 0.25) is 0 Å². The molecule has 2 heterocycles. The largest absolute Gasteiger partial charge is 0.465 e. The van der Waals surface area contributed by atoms with Crippen LogP contribution in [0, 0.1) is 6.92 Å². The molecule has 1 unspecified atom stereocenters. The Balaban J connectivity index is 2.25. The van der Waals surface area contributed by atoms with Gasteiger partial charge in [-0.25, -0.2) is 9.78 Å². The zero-order valence-corrected chi connectivity index (χ0v) is 13.9. The number of halogens is 1. The van der Waals surface area contributed by atoms with Gasteiger partial charge in [-0.3, -0.25) is 14.3 Å². The van der Waals surface area contributed by atoms with E-state index in [0.717, 1.165) is 16.5 Å². The van der Waals surface area contributed by atoms with Gasteiger partial charge in [-0.05, 0) is 53.4 Å². The van der Waals surface area contributed by atoms with E-state index in [4.69, 9.17) is 0 Å². The molecule has 3 rings (SSSR count). The molecule has 1 saturated heterocycles. The van der Waals surface area contributed by atoms with Crippen molar-refractivity contribution in [3.63, 3.8) is 0 Å². The number of amides is 1. The van der Waals surface area contributed by atoms with Crippen molar-refractivity contribution in [1.82, 2.24) is 14.5 Å². The number of benzene rings is 1. The Hall–Kier alpha value is -1.89. The Morgan fingerprint density at radius 1 is 1.45 bits per heavy atom. The molecule has 1 fully saturated rings. The van der Waals surface area contributed by atoms with Gasteiger partial charge in [0.25, 0.3) is 5.56 Å². The van der Waals surface area contributed by atoms with Crippen LogP contribution in [0.5, 0.6) is 0 Å². The number of carboxylic acid groups (broad SMARTS) is 1. The fraction of sp³-hybridized carbons (Fsp3) is 0.400. The average Bonchev–Trinajstić information content (AvgIpc) is 2.92. The molecule has 0 saturated carbocycles. The third-order valence-electron chi connectivity index (χ3n) is 4.11. The van der Waals surface area contributed by atoms with Crippen LogP contribution in [-0.4, -0.2) is 32.2 Å². The maximum atomic E-state index is 12.6. The van der Waals surface area contributed by atoms with Crippen molar-refractivity contribution in [3.05, 3.63) is 38.3 Å². The van der Waals surface area contributed by atoms with Gasteiger partial charge in [0.15, 0.2) is 0 Å².